The van der Waals surface area contributed by atoms with Crippen LogP contribution in [0.1, 0.15) is 20.8 Å². The van der Waals surface area contributed by atoms with Crippen molar-refractivity contribution in [3.8, 4) is 0 Å². The molecule has 5 nitrogen and oxygen atoms in total. The van der Waals surface area contributed by atoms with Gasteiger partial charge in [0, 0.05) is 5.16 Å². The third-order valence-electron chi connectivity index (χ3n) is 1.06. The summed E-state index contributed by atoms with van der Waals surface area (Å²) in [6, 6.07) is 0. The molecule has 0 bridgehead atoms. The lowest BCUT2D eigenvalue weighted by Gasteiger charge is -2.28. The molecule has 0 aromatic carbocycles. The minimum absolute atomic E-state index is 0.830. The summed E-state index contributed by atoms with van der Waals surface area (Å²) in [6.45, 7) is 1.25. The highest BCUT2D eigenvalue weighted by molar-refractivity contribution is 8.11. The molecular formula is C4H12O5P2S. The topological polar surface area (TPSA) is 87.0 Å². The molecule has 0 radical (unpaired) electrons. The number of hydrogen-bond acceptors (Lipinski definition) is 3. The Labute approximate surface area is 76.2 Å². The second-order valence-corrected chi connectivity index (χ2v) is 8.77. The molecule has 1 unspecified atom stereocenters. The summed E-state index contributed by atoms with van der Waals surface area (Å²) in [5, 5.41) is -0.830. The molecule has 1 atom stereocenters. The summed E-state index contributed by atoms with van der Waals surface area (Å²) in [4.78, 5) is 26.2. The smallest absolute Gasteiger partial charge is 0.344 e. The van der Waals surface area contributed by atoms with Crippen LogP contribution in [0.2, 0.25) is 0 Å². The Balaban J connectivity index is 4.69. The zero-order chi connectivity index (χ0) is 10.2. The van der Waals surface area contributed by atoms with E-state index in [-0.39, 0.29) is 0 Å². The highest BCUT2D eigenvalue weighted by atomic mass is 32.5. The quantitative estimate of drug-likeness (QED) is 0.622. The lowest BCUT2D eigenvalue weighted by molar-refractivity contribution is 0.276. The van der Waals surface area contributed by atoms with Gasteiger partial charge in [-0.1, -0.05) is 20.8 Å². The Kier molecular flexibility index (Phi) is 3.67. The van der Waals surface area contributed by atoms with Crippen LogP contribution in [0, 0.1) is 0 Å². The van der Waals surface area contributed by atoms with Gasteiger partial charge in [-0.05, 0) is 11.8 Å². The van der Waals surface area contributed by atoms with E-state index in [4.69, 9.17) is 9.79 Å². The van der Waals surface area contributed by atoms with E-state index in [0.29, 0.717) is 0 Å². The standard InChI is InChI=1S/C4H12O5P2S/c1-4(2,3)10(5,12)9-11(6,7)8/h1-3H3,(H,5,12)(H2,6,7,8). The summed E-state index contributed by atoms with van der Waals surface area (Å²) < 4.78 is 14.5. The number of phosphoric acid groups is 1. The molecule has 0 spiro atoms. The molecule has 12 heavy (non-hydrogen) atoms. The van der Waals surface area contributed by atoms with Crippen LogP contribution in [-0.4, -0.2) is 19.8 Å². The fourth-order valence-corrected chi connectivity index (χ4v) is 3.18. The third-order valence-corrected chi connectivity index (χ3v) is 6.74. The Hall–Kier alpha value is 0.720. The number of rotatable bonds is 2. The van der Waals surface area contributed by atoms with Crippen LogP contribution in [-0.2, 0) is 20.7 Å². The second-order valence-electron chi connectivity index (χ2n) is 3.26. The van der Waals surface area contributed by atoms with Crippen molar-refractivity contribution in [1.82, 2.24) is 0 Å². The van der Waals surface area contributed by atoms with E-state index in [2.05, 4.69) is 16.1 Å². The molecule has 0 saturated carbocycles. The monoisotopic (exact) mass is 234 g/mol. The van der Waals surface area contributed by atoms with E-state index in [1.807, 2.05) is 0 Å². The molecule has 0 aromatic heterocycles. The first kappa shape index (κ1) is 12.7. The zero-order valence-electron chi connectivity index (χ0n) is 6.96. The average Bonchev–Trinajstić information content (AvgIpc) is 1.52. The van der Waals surface area contributed by atoms with E-state index in [1.165, 1.54) is 0 Å². The SMILES string of the molecule is CC(C)(C)P(O)(=S)OP(=O)(O)O. The summed E-state index contributed by atoms with van der Waals surface area (Å²) >= 11 is 4.58. The van der Waals surface area contributed by atoms with Crippen LogP contribution in [0.25, 0.3) is 0 Å². The van der Waals surface area contributed by atoms with Gasteiger partial charge < -0.3 is 14.7 Å². The summed E-state index contributed by atoms with van der Waals surface area (Å²) in [6.07, 6.45) is 0. The minimum atomic E-state index is -4.69. The highest BCUT2D eigenvalue weighted by Crippen LogP contribution is 2.64. The molecule has 0 aliphatic heterocycles. The normalized spacial score (nSPS) is 18.8. The van der Waals surface area contributed by atoms with Crippen molar-refractivity contribution in [1.29, 1.82) is 0 Å². The van der Waals surface area contributed by atoms with E-state index < -0.39 is 19.5 Å². The molecule has 0 aliphatic rings. The molecule has 74 valence electrons. The highest BCUT2D eigenvalue weighted by Gasteiger charge is 2.37. The molecule has 0 rings (SSSR count). The van der Waals surface area contributed by atoms with Gasteiger partial charge in [0.25, 0.3) is 0 Å². The Morgan fingerprint density at radius 1 is 1.25 bits per heavy atom. The van der Waals surface area contributed by atoms with E-state index in [0.717, 1.165) is 0 Å². The van der Waals surface area contributed by atoms with Crippen molar-refractivity contribution >= 4 is 26.1 Å². The molecule has 0 aliphatic carbocycles. The zero-order valence-corrected chi connectivity index (χ0v) is 9.57. The Morgan fingerprint density at radius 3 is 1.67 bits per heavy atom. The molecule has 3 N–H and O–H groups in total. The van der Waals surface area contributed by atoms with Crippen LogP contribution in [0.15, 0.2) is 0 Å². The van der Waals surface area contributed by atoms with Crippen LogP contribution in [0.4, 0.5) is 0 Å². The van der Waals surface area contributed by atoms with Crippen molar-refractivity contribution in [3.63, 3.8) is 0 Å². The summed E-state index contributed by atoms with van der Waals surface area (Å²) in [7, 11) is -4.69. The van der Waals surface area contributed by atoms with Crippen LogP contribution >= 0.6 is 14.3 Å². The third kappa shape index (κ3) is 4.10. The maximum atomic E-state index is 10.4. The van der Waals surface area contributed by atoms with E-state index in [1.54, 1.807) is 20.8 Å². The fraction of sp³-hybridized carbons (Fsp3) is 1.00. The molecule has 8 heteroatoms. The molecule has 0 saturated heterocycles. The predicted octanol–water partition coefficient (Wildman–Crippen LogP) is 1.20. The van der Waals surface area contributed by atoms with E-state index in [9.17, 15) is 9.46 Å². The summed E-state index contributed by atoms with van der Waals surface area (Å²) in [5.41, 5.74) is 0. The fourth-order valence-electron chi connectivity index (χ4n) is 0.267. The molecule has 0 fully saturated rings. The number of hydrogen-bond donors (Lipinski definition) is 3. The second kappa shape index (κ2) is 3.46. The van der Waals surface area contributed by atoms with Gasteiger partial charge in [0.05, 0.1) is 0 Å². The van der Waals surface area contributed by atoms with Crippen molar-refractivity contribution in [2.45, 2.75) is 25.9 Å². The lowest BCUT2D eigenvalue weighted by atomic mass is 10.3. The van der Waals surface area contributed by atoms with Gasteiger partial charge in [0.1, 0.15) is 0 Å². The minimum Gasteiger partial charge on any atom is -0.344 e. The van der Waals surface area contributed by atoms with Gasteiger partial charge in [-0.25, -0.2) is 8.88 Å². The van der Waals surface area contributed by atoms with Gasteiger partial charge in [-0.3, -0.25) is 0 Å². The Morgan fingerprint density at radius 2 is 1.58 bits per heavy atom. The van der Waals surface area contributed by atoms with Crippen LogP contribution < -0.4 is 0 Å². The van der Waals surface area contributed by atoms with Gasteiger partial charge in [-0.15, -0.1) is 0 Å². The molecule has 0 heterocycles. The summed E-state index contributed by atoms with van der Waals surface area (Å²) in [5.74, 6) is 0. The van der Waals surface area contributed by atoms with Crippen LogP contribution in [0.5, 0.6) is 0 Å². The first-order valence-corrected chi connectivity index (χ1v) is 7.26. The van der Waals surface area contributed by atoms with Crippen LogP contribution in [0.3, 0.4) is 0 Å². The Bertz CT molecular complexity index is 251. The van der Waals surface area contributed by atoms with Crippen molar-refractivity contribution in [2.75, 3.05) is 0 Å². The van der Waals surface area contributed by atoms with Crippen molar-refractivity contribution < 1.29 is 23.6 Å². The predicted molar refractivity (Wildman–Crippen MR) is 49.4 cm³/mol. The molecule has 0 aromatic rings. The first-order chi connectivity index (χ1) is 4.96. The maximum Gasteiger partial charge on any atom is 0.475 e. The van der Waals surface area contributed by atoms with Crippen molar-refractivity contribution in [3.05, 3.63) is 0 Å². The molecular weight excluding hydrogens is 222 g/mol. The largest absolute Gasteiger partial charge is 0.475 e. The lowest BCUT2D eigenvalue weighted by Crippen LogP contribution is -2.15. The average molecular weight is 234 g/mol. The van der Waals surface area contributed by atoms with Crippen molar-refractivity contribution in [2.24, 2.45) is 0 Å². The molecule has 0 amide bonds. The van der Waals surface area contributed by atoms with E-state index >= 15 is 0 Å². The van der Waals surface area contributed by atoms with Gasteiger partial charge in [-0.2, -0.15) is 0 Å². The maximum absolute atomic E-state index is 10.4. The van der Waals surface area contributed by atoms with Gasteiger partial charge in [0.2, 0.25) is 6.49 Å². The van der Waals surface area contributed by atoms with Gasteiger partial charge in [0.15, 0.2) is 0 Å². The van der Waals surface area contributed by atoms with Gasteiger partial charge >= 0.3 is 7.82 Å². The first-order valence-electron chi connectivity index (χ1n) is 3.05.